The van der Waals surface area contributed by atoms with Gasteiger partial charge in [-0.1, -0.05) is 0 Å². The highest BCUT2D eigenvalue weighted by molar-refractivity contribution is 5.61. The summed E-state index contributed by atoms with van der Waals surface area (Å²) in [4.78, 5) is 4.20. The molecule has 7 heteroatoms. The fraction of sp³-hybridized carbons (Fsp3) is 0.389. The van der Waals surface area contributed by atoms with E-state index in [9.17, 15) is 0 Å². The van der Waals surface area contributed by atoms with Gasteiger partial charge in [0.1, 0.15) is 0 Å². The molecule has 130 valence electrons. The van der Waals surface area contributed by atoms with Crippen LogP contribution in [-0.2, 0) is 18.3 Å². The second-order valence-electron chi connectivity index (χ2n) is 6.42. The summed E-state index contributed by atoms with van der Waals surface area (Å²) in [6, 6.07) is 3.98. The van der Waals surface area contributed by atoms with Crippen LogP contribution < -0.4 is 5.32 Å². The minimum atomic E-state index is 0.123. The second kappa shape index (κ2) is 7.16. The summed E-state index contributed by atoms with van der Waals surface area (Å²) in [6.07, 6.45) is 10.7. The molecule has 1 aliphatic heterocycles. The highest BCUT2D eigenvalue weighted by Crippen LogP contribution is 2.33. The molecule has 7 nitrogen and oxygen atoms in total. The first-order chi connectivity index (χ1) is 12.3. The Kier molecular flexibility index (Phi) is 4.58. The van der Waals surface area contributed by atoms with E-state index in [2.05, 4.69) is 31.8 Å². The smallest absolute Gasteiger partial charge is 0.0983 e. The Labute approximate surface area is 146 Å². The molecule has 0 saturated carbocycles. The van der Waals surface area contributed by atoms with Gasteiger partial charge in [-0.05, 0) is 18.6 Å². The monoisotopic (exact) mass is 338 g/mol. The number of aryl methyl sites for hydroxylation is 1. The molecule has 4 heterocycles. The molecule has 3 aromatic heterocycles. The molecule has 1 saturated heterocycles. The van der Waals surface area contributed by atoms with E-state index in [0.717, 1.165) is 42.9 Å². The average molecular weight is 338 g/mol. The van der Waals surface area contributed by atoms with E-state index in [1.54, 1.807) is 6.20 Å². The topological polar surface area (TPSA) is 80.6 Å². The summed E-state index contributed by atoms with van der Waals surface area (Å²) in [5.74, 6) is 0.455. The van der Waals surface area contributed by atoms with Crippen LogP contribution in [0.3, 0.4) is 0 Å². The summed E-state index contributed by atoms with van der Waals surface area (Å²) >= 11 is 0. The van der Waals surface area contributed by atoms with Crippen LogP contribution in [0.25, 0.3) is 11.3 Å². The third kappa shape index (κ3) is 3.47. The zero-order valence-corrected chi connectivity index (χ0v) is 14.2. The van der Waals surface area contributed by atoms with Crippen molar-refractivity contribution in [3.63, 3.8) is 0 Å². The number of pyridine rings is 1. The van der Waals surface area contributed by atoms with E-state index >= 15 is 0 Å². The van der Waals surface area contributed by atoms with Gasteiger partial charge in [-0.25, -0.2) is 0 Å². The van der Waals surface area contributed by atoms with E-state index < -0.39 is 0 Å². The van der Waals surface area contributed by atoms with Crippen LogP contribution in [0.2, 0.25) is 0 Å². The normalized spacial score (nSPS) is 20.2. The third-order valence-electron chi connectivity index (χ3n) is 4.62. The Bertz CT molecular complexity index is 798. The number of hydrogen-bond donors (Lipinski definition) is 2. The van der Waals surface area contributed by atoms with Gasteiger partial charge in [0.25, 0.3) is 0 Å². The van der Waals surface area contributed by atoms with Crippen LogP contribution in [-0.4, -0.2) is 38.1 Å². The standard InChI is InChI=1S/C18H22N6O/c1-24-12-16(17(23-24)13-3-2-5-19-7-13)9-20-8-14-4-6-25-18(14)15-10-21-22-11-15/h2-3,5,7,10-12,14,18,20H,4,6,8-9H2,1H3,(H,21,22)/t14-,18+/m1/s1. The quantitative estimate of drug-likeness (QED) is 0.719. The van der Waals surface area contributed by atoms with Gasteiger partial charge in [0.15, 0.2) is 0 Å². The number of aromatic amines is 1. The van der Waals surface area contributed by atoms with Crippen LogP contribution in [0, 0.1) is 5.92 Å². The highest BCUT2D eigenvalue weighted by Gasteiger charge is 2.30. The minimum absolute atomic E-state index is 0.123. The molecule has 0 bridgehead atoms. The lowest BCUT2D eigenvalue weighted by Crippen LogP contribution is -2.24. The van der Waals surface area contributed by atoms with E-state index in [4.69, 9.17) is 4.74 Å². The van der Waals surface area contributed by atoms with Crippen molar-refractivity contribution in [3.8, 4) is 11.3 Å². The maximum absolute atomic E-state index is 5.89. The molecule has 0 spiro atoms. The summed E-state index contributed by atoms with van der Waals surface area (Å²) in [5.41, 5.74) is 4.33. The number of aromatic nitrogens is 5. The molecule has 2 atom stereocenters. The summed E-state index contributed by atoms with van der Waals surface area (Å²) in [7, 11) is 1.95. The van der Waals surface area contributed by atoms with Gasteiger partial charge in [0.2, 0.25) is 0 Å². The van der Waals surface area contributed by atoms with Crippen molar-refractivity contribution < 1.29 is 4.74 Å². The first kappa shape index (κ1) is 16.0. The van der Waals surface area contributed by atoms with Crippen LogP contribution in [0.15, 0.2) is 43.1 Å². The fourth-order valence-corrected chi connectivity index (χ4v) is 3.43. The third-order valence-corrected chi connectivity index (χ3v) is 4.62. The first-order valence-corrected chi connectivity index (χ1v) is 8.55. The van der Waals surface area contributed by atoms with Gasteiger partial charge in [0.05, 0.1) is 18.0 Å². The fourth-order valence-electron chi connectivity index (χ4n) is 3.43. The molecule has 0 aromatic carbocycles. The van der Waals surface area contributed by atoms with Crippen LogP contribution in [0.1, 0.15) is 23.7 Å². The average Bonchev–Trinajstić information content (AvgIpc) is 3.36. The molecule has 25 heavy (non-hydrogen) atoms. The summed E-state index contributed by atoms with van der Waals surface area (Å²) in [6.45, 7) is 2.47. The molecule has 0 amide bonds. The first-order valence-electron chi connectivity index (χ1n) is 8.55. The molecular weight excluding hydrogens is 316 g/mol. The SMILES string of the molecule is Cn1cc(CNC[C@H]2CCO[C@@H]2c2cn[nH]c2)c(-c2cccnc2)n1. The summed E-state index contributed by atoms with van der Waals surface area (Å²) < 4.78 is 7.74. The molecule has 1 fully saturated rings. The molecule has 0 radical (unpaired) electrons. The number of nitrogens with zero attached hydrogens (tertiary/aromatic N) is 4. The molecule has 1 aliphatic rings. The van der Waals surface area contributed by atoms with Crippen molar-refractivity contribution in [3.05, 3.63) is 54.2 Å². The van der Waals surface area contributed by atoms with Gasteiger partial charge >= 0.3 is 0 Å². The Hall–Kier alpha value is -2.51. The van der Waals surface area contributed by atoms with Crippen LogP contribution in [0.4, 0.5) is 0 Å². The Morgan fingerprint density at radius 2 is 2.36 bits per heavy atom. The molecule has 4 rings (SSSR count). The van der Waals surface area contributed by atoms with E-state index in [0.29, 0.717) is 5.92 Å². The lowest BCUT2D eigenvalue weighted by Gasteiger charge is -2.17. The van der Waals surface area contributed by atoms with Crippen molar-refractivity contribution in [1.29, 1.82) is 0 Å². The minimum Gasteiger partial charge on any atom is -0.373 e. The number of H-pyrrole nitrogens is 1. The number of nitrogens with one attached hydrogen (secondary N) is 2. The maximum atomic E-state index is 5.89. The van der Waals surface area contributed by atoms with E-state index in [-0.39, 0.29) is 6.10 Å². The predicted molar refractivity (Wildman–Crippen MR) is 93.5 cm³/mol. The molecule has 0 unspecified atom stereocenters. The van der Waals surface area contributed by atoms with Crippen molar-refractivity contribution in [2.45, 2.75) is 19.1 Å². The summed E-state index contributed by atoms with van der Waals surface area (Å²) in [5, 5.41) is 15.1. The largest absolute Gasteiger partial charge is 0.373 e. The molecule has 0 aliphatic carbocycles. The zero-order valence-electron chi connectivity index (χ0n) is 14.2. The lowest BCUT2D eigenvalue weighted by atomic mass is 9.97. The Morgan fingerprint density at radius 3 is 3.16 bits per heavy atom. The van der Waals surface area contributed by atoms with Gasteiger partial charge in [-0.3, -0.25) is 14.8 Å². The molecule has 2 N–H and O–H groups in total. The Morgan fingerprint density at radius 1 is 1.40 bits per heavy atom. The second-order valence-corrected chi connectivity index (χ2v) is 6.42. The van der Waals surface area contributed by atoms with Gasteiger partial charge < -0.3 is 10.1 Å². The Balaban J connectivity index is 1.41. The van der Waals surface area contributed by atoms with Crippen molar-refractivity contribution in [1.82, 2.24) is 30.3 Å². The van der Waals surface area contributed by atoms with E-state index in [1.165, 1.54) is 5.56 Å². The van der Waals surface area contributed by atoms with Crippen molar-refractivity contribution in [2.75, 3.05) is 13.2 Å². The lowest BCUT2D eigenvalue weighted by molar-refractivity contribution is 0.0905. The molecular formula is C18H22N6O. The van der Waals surface area contributed by atoms with Gasteiger partial charge in [-0.15, -0.1) is 0 Å². The number of hydrogen-bond acceptors (Lipinski definition) is 5. The van der Waals surface area contributed by atoms with E-state index in [1.807, 2.05) is 42.5 Å². The van der Waals surface area contributed by atoms with Crippen molar-refractivity contribution in [2.24, 2.45) is 13.0 Å². The number of rotatable bonds is 6. The predicted octanol–water partition coefficient (Wildman–Crippen LogP) is 2.07. The number of ether oxygens (including phenoxy) is 1. The van der Waals surface area contributed by atoms with Gasteiger partial charge in [0, 0.05) is 74.1 Å². The van der Waals surface area contributed by atoms with Crippen LogP contribution in [0.5, 0.6) is 0 Å². The molecule has 3 aromatic rings. The van der Waals surface area contributed by atoms with Gasteiger partial charge in [-0.2, -0.15) is 10.2 Å². The zero-order chi connectivity index (χ0) is 17.1. The maximum Gasteiger partial charge on any atom is 0.0983 e. The highest BCUT2D eigenvalue weighted by atomic mass is 16.5. The van der Waals surface area contributed by atoms with Crippen LogP contribution >= 0.6 is 0 Å². The van der Waals surface area contributed by atoms with Crippen molar-refractivity contribution >= 4 is 0 Å².